The third-order valence-corrected chi connectivity index (χ3v) is 2.46. The lowest BCUT2D eigenvalue weighted by molar-refractivity contribution is -0.142. The lowest BCUT2D eigenvalue weighted by Crippen LogP contribution is -2.25. The first-order valence-electron chi connectivity index (χ1n) is 7.10. The highest BCUT2D eigenvalue weighted by Crippen LogP contribution is 2.07. The minimum Gasteiger partial charge on any atom is -0.318 e. The Bertz CT molecular complexity index is 737. The van der Waals surface area contributed by atoms with Gasteiger partial charge in [-0.05, 0) is 6.92 Å². The minimum atomic E-state index is -0.683. The molecule has 0 fully saturated rings. The van der Waals surface area contributed by atoms with Crippen molar-refractivity contribution in [3.8, 4) is 0 Å². The van der Waals surface area contributed by atoms with E-state index in [0.717, 1.165) is 6.92 Å². The van der Waals surface area contributed by atoms with Gasteiger partial charge in [0.25, 0.3) is 0 Å². The van der Waals surface area contributed by atoms with Crippen LogP contribution in [0.2, 0.25) is 0 Å². The molecule has 0 aromatic heterocycles. The maximum Gasteiger partial charge on any atom is 0.332 e. The second-order valence-electron chi connectivity index (χ2n) is 4.67. The van der Waals surface area contributed by atoms with Gasteiger partial charge in [-0.25, -0.2) is 14.4 Å². The van der Waals surface area contributed by atoms with Crippen molar-refractivity contribution in [2.24, 2.45) is 15.5 Å². The number of carbonyl (C=O) groups excluding carboxylic acids is 3. The number of carbonyl (C=O) groups is 3. The molecule has 0 amide bonds. The summed E-state index contributed by atoms with van der Waals surface area (Å²) in [5.74, 6) is -1.99. The molecule has 0 atom stereocenters. The lowest BCUT2D eigenvalue weighted by atomic mass is 10.0. The van der Waals surface area contributed by atoms with Crippen LogP contribution in [-0.2, 0) is 28.9 Å². The molecule has 9 heteroatoms. The van der Waals surface area contributed by atoms with Gasteiger partial charge in [0.2, 0.25) is 0 Å². The van der Waals surface area contributed by atoms with Gasteiger partial charge in [-0.3, -0.25) is 0 Å². The monoisotopic (exact) mass is 347 g/mol. The van der Waals surface area contributed by atoms with Crippen molar-refractivity contribution in [1.29, 1.82) is 0 Å². The van der Waals surface area contributed by atoms with Crippen LogP contribution in [0.1, 0.15) is 33.3 Å². The molecule has 0 aliphatic heterocycles. The van der Waals surface area contributed by atoms with Crippen molar-refractivity contribution < 1.29 is 28.9 Å². The quantitative estimate of drug-likeness (QED) is 0.440. The Morgan fingerprint density at radius 2 is 1.20 bits per heavy atom. The molecule has 1 aromatic rings. The van der Waals surface area contributed by atoms with Gasteiger partial charge < -0.3 is 14.5 Å². The fourth-order valence-electron chi connectivity index (χ4n) is 1.51. The molecule has 25 heavy (non-hydrogen) atoms. The molecule has 132 valence electrons. The van der Waals surface area contributed by atoms with E-state index in [4.69, 9.17) is 0 Å². The first-order valence-corrected chi connectivity index (χ1v) is 7.10. The average molecular weight is 347 g/mol. The average Bonchev–Trinajstić information content (AvgIpc) is 2.55. The maximum atomic E-state index is 11.1. The van der Waals surface area contributed by atoms with E-state index in [-0.39, 0.29) is 17.1 Å². The SMILES string of the molecule is CC(=O)O/N=C(C)/C(=N\OC(C)=O)C(=N/OC(C)=O)/c1ccccc1. The van der Waals surface area contributed by atoms with Crippen molar-refractivity contribution in [3.05, 3.63) is 35.9 Å². The van der Waals surface area contributed by atoms with Gasteiger partial charge in [0.15, 0.2) is 5.71 Å². The van der Waals surface area contributed by atoms with Crippen LogP contribution in [0.25, 0.3) is 0 Å². The second kappa shape index (κ2) is 9.71. The molecule has 0 N–H and O–H groups in total. The summed E-state index contributed by atoms with van der Waals surface area (Å²) in [7, 11) is 0. The van der Waals surface area contributed by atoms with Gasteiger partial charge in [-0.2, -0.15) is 0 Å². The maximum absolute atomic E-state index is 11.1. The van der Waals surface area contributed by atoms with Gasteiger partial charge in [0.1, 0.15) is 11.4 Å². The molecule has 1 aromatic carbocycles. The Balaban J connectivity index is 3.41. The predicted molar refractivity (Wildman–Crippen MR) is 88.8 cm³/mol. The van der Waals surface area contributed by atoms with E-state index < -0.39 is 17.9 Å². The van der Waals surface area contributed by atoms with Gasteiger partial charge in [-0.1, -0.05) is 45.8 Å². The van der Waals surface area contributed by atoms with E-state index in [1.54, 1.807) is 30.3 Å². The van der Waals surface area contributed by atoms with Crippen LogP contribution in [-0.4, -0.2) is 35.0 Å². The van der Waals surface area contributed by atoms with Crippen LogP contribution >= 0.6 is 0 Å². The van der Waals surface area contributed by atoms with Crippen molar-refractivity contribution in [1.82, 2.24) is 0 Å². The van der Waals surface area contributed by atoms with Gasteiger partial charge in [0.05, 0.1) is 0 Å². The van der Waals surface area contributed by atoms with Gasteiger partial charge >= 0.3 is 17.9 Å². The zero-order valence-electron chi connectivity index (χ0n) is 14.2. The number of hydrogen-bond donors (Lipinski definition) is 0. The molecular formula is C16H17N3O6. The molecule has 0 radical (unpaired) electrons. The fourth-order valence-corrected chi connectivity index (χ4v) is 1.51. The summed E-state index contributed by atoms with van der Waals surface area (Å²) in [5, 5.41) is 11.0. The van der Waals surface area contributed by atoms with E-state index in [2.05, 4.69) is 30.0 Å². The van der Waals surface area contributed by atoms with E-state index in [1.165, 1.54) is 20.8 Å². The topological polar surface area (TPSA) is 116 Å². The molecule has 9 nitrogen and oxygen atoms in total. The largest absolute Gasteiger partial charge is 0.332 e. The molecule has 0 saturated heterocycles. The number of hydrogen-bond acceptors (Lipinski definition) is 9. The molecule has 1 rings (SSSR count). The van der Waals surface area contributed by atoms with Crippen molar-refractivity contribution in [2.45, 2.75) is 27.7 Å². The van der Waals surface area contributed by atoms with Crippen LogP contribution in [0.3, 0.4) is 0 Å². The number of oxime groups is 3. The second-order valence-corrected chi connectivity index (χ2v) is 4.67. The smallest absolute Gasteiger partial charge is 0.318 e. The Morgan fingerprint density at radius 3 is 1.72 bits per heavy atom. The summed E-state index contributed by atoms with van der Waals surface area (Å²) in [6.45, 7) is 4.96. The van der Waals surface area contributed by atoms with Crippen LogP contribution in [0.15, 0.2) is 45.8 Å². The first-order chi connectivity index (χ1) is 11.8. The van der Waals surface area contributed by atoms with Crippen LogP contribution in [0, 0.1) is 0 Å². The summed E-state index contributed by atoms with van der Waals surface area (Å²) in [6.07, 6.45) is 0. The van der Waals surface area contributed by atoms with E-state index in [9.17, 15) is 14.4 Å². The van der Waals surface area contributed by atoms with Crippen LogP contribution < -0.4 is 0 Å². The van der Waals surface area contributed by atoms with Gasteiger partial charge in [-0.15, -0.1) is 0 Å². The highest BCUT2D eigenvalue weighted by atomic mass is 16.7. The summed E-state index contributed by atoms with van der Waals surface area (Å²) < 4.78 is 0. The highest BCUT2D eigenvalue weighted by Gasteiger charge is 2.19. The first kappa shape index (κ1) is 19.7. The van der Waals surface area contributed by atoms with Crippen molar-refractivity contribution in [2.75, 3.05) is 0 Å². The van der Waals surface area contributed by atoms with Gasteiger partial charge in [0, 0.05) is 26.3 Å². The molecule has 0 unspecified atom stereocenters. The Kier molecular flexibility index (Phi) is 7.64. The molecule has 0 aliphatic carbocycles. The van der Waals surface area contributed by atoms with E-state index in [0.29, 0.717) is 5.56 Å². The number of rotatable bonds is 6. The van der Waals surface area contributed by atoms with E-state index in [1.807, 2.05) is 0 Å². The zero-order chi connectivity index (χ0) is 18.8. The molecule has 0 saturated carbocycles. The fraction of sp³-hybridized carbons (Fsp3) is 0.250. The van der Waals surface area contributed by atoms with Crippen molar-refractivity contribution >= 4 is 35.0 Å². The molecule has 0 bridgehead atoms. The predicted octanol–water partition coefficient (Wildman–Crippen LogP) is 1.81. The Hall–Kier alpha value is -3.36. The highest BCUT2D eigenvalue weighted by molar-refractivity contribution is 6.71. The number of nitrogens with zero attached hydrogens (tertiary/aromatic N) is 3. The third-order valence-electron chi connectivity index (χ3n) is 2.46. The number of benzene rings is 1. The molecule has 0 heterocycles. The van der Waals surface area contributed by atoms with E-state index >= 15 is 0 Å². The standard InChI is InChI=1S/C16H17N3O6/c1-10(17-23-11(2)20)15(18-24-12(3)21)16(19-25-13(4)22)14-8-6-5-7-9-14/h5-9H,1-4H3/b17-10+,18-15+,19-16+. The molecular weight excluding hydrogens is 330 g/mol. The summed E-state index contributed by atoms with van der Waals surface area (Å²) in [6, 6.07) is 8.56. The zero-order valence-corrected chi connectivity index (χ0v) is 14.2. The van der Waals surface area contributed by atoms with Crippen LogP contribution in [0.5, 0.6) is 0 Å². The Morgan fingerprint density at radius 1 is 0.720 bits per heavy atom. The molecule has 0 spiro atoms. The third kappa shape index (κ3) is 7.16. The summed E-state index contributed by atoms with van der Waals surface area (Å²) in [4.78, 5) is 47.0. The Labute approximate surface area is 143 Å². The summed E-state index contributed by atoms with van der Waals surface area (Å²) >= 11 is 0. The van der Waals surface area contributed by atoms with Crippen LogP contribution in [0.4, 0.5) is 0 Å². The lowest BCUT2D eigenvalue weighted by Gasteiger charge is -2.08. The molecule has 0 aliphatic rings. The summed E-state index contributed by atoms with van der Waals surface area (Å²) in [5.41, 5.74) is 0.590. The minimum absolute atomic E-state index is 0.0519. The van der Waals surface area contributed by atoms with Crippen molar-refractivity contribution in [3.63, 3.8) is 0 Å². The normalized spacial score (nSPS) is 12.4.